The number of aliphatic imine (C=N–C) groups is 3. The monoisotopic (exact) mass is 1620 g/mol. The molecule has 0 amide bonds. The van der Waals surface area contributed by atoms with Gasteiger partial charge in [0.25, 0.3) is 11.8 Å². The van der Waals surface area contributed by atoms with Crippen LogP contribution < -0.4 is 59.3 Å². The van der Waals surface area contributed by atoms with E-state index in [4.69, 9.17) is 91.3 Å². The summed E-state index contributed by atoms with van der Waals surface area (Å²) < 4.78 is 79.1. The van der Waals surface area contributed by atoms with Crippen molar-refractivity contribution < 1.29 is 101 Å². The second kappa shape index (κ2) is 35.1. The second-order valence-electron chi connectivity index (χ2n) is 26.8. The molecule has 0 radical (unpaired) electrons. The van der Waals surface area contributed by atoms with E-state index >= 15 is 0 Å². The van der Waals surface area contributed by atoms with Gasteiger partial charge in [-0.2, -0.15) is 0 Å². The number of aliphatic hydroxyl groups excluding tert-OH is 6. The second-order valence-corrected chi connectivity index (χ2v) is 26.8. The molecule has 0 spiro atoms. The van der Waals surface area contributed by atoms with Crippen LogP contribution in [0, 0.1) is 38.2 Å². The minimum absolute atomic E-state index is 0.0654. The number of cyclic esters (lactones) is 2. The Morgan fingerprint density at radius 3 is 1.15 bits per heavy atom. The number of carbonyl (C=O) groups is 2. The third-order valence-corrected chi connectivity index (χ3v) is 19.2. The van der Waals surface area contributed by atoms with Crippen LogP contribution in [0.25, 0.3) is 33.8 Å². The van der Waals surface area contributed by atoms with Gasteiger partial charge in [-0.05, 0) is 73.9 Å². The van der Waals surface area contributed by atoms with Crippen molar-refractivity contribution in [1.82, 2.24) is 76.2 Å². The van der Waals surface area contributed by atoms with E-state index in [1.165, 1.54) is 89.6 Å². The normalized spacial score (nSPS) is 22.9. The molecule has 13 atom stereocenters. The number of anilines is 5. The fraction of sp³-hybridized carbons (Fsp3) is 0.356. The molecule has 12 heterocycles. The number of rotatable bonds is 19. The predicted octanol–water partition coefficient (Wildman–Crippen LogP) is 0.163. The number of hydrogen-bond donors (Lipinski definition) is 14. The number of aromatic nitrogens is 12. The summed E-state index contributed by atoms with van der Waals surface area (Å²) in [5.41, 5.74) is 46.9. The number of aryl methyl sites for hydroxylation is 3. The van der Waals surface area contributed by atoms with Gasteiger partial charge in [-0.3, -0.25) is 34.5 Å². The number of ether oxygens (including phenoxy) is 7. The Morgan fingerprint density at radius 1 is 0.453 bits per heavy atom. The number of benzene rings is 3. The largest absolute Gasteiger partial charge is 0.480 e. The van der Waals surface area contributed by atoms with Crippen molar-refractivity contribution in [2.75, 3.05) is 76.9 Å². The number of nitrogens with one attached hydrogen (secondary N) is 3. The van der Waals surface area contributed by atoms with Crippen LogP contribution in [-0.4, -0.2) is 229 Å². The molecule has 10 unspecified atom stereocenters. The van der Waals surface area contributed by atoms with Crippen molar-refractivity contribution in [2.24, 2.45) is 15.0 Å². The van der Waals surface area contributed by atoms with Gasteiger partial charge in [0.2, 0.25) is 23.7 Å². The summed E-state index contributed by atoms with van der Waals surface area (Å²) in [6.45, 7) is 4.51. The molecule has 117 heavy (non-hydrogen) atoms. The van der Waals surface area contributed by atoms with Crippen LogP contribution in [0.15, 0.2) is 94.4 Å². The van der Waals surface area contributed by atoms with Gasteiger partial charge < -0.3 is 92.5 Å². The first-order valence-electron chi connectivity index (χ1n) is 35.6. The molecule has 0 saturated carbocycles. The SMILES string of the molecule is COc1cncc(-c2cc(F)ccc2[C@H]2Cc3nc(N)nc(C)c3C(NOCC3OC(=O)C(O)C3O)=N2)n1.COc1nc(-c2cc(F)ccc2[C@H]2Cc3nc(N)nc(C)c3C(NOCC3OC(=O)C(O)C3O)=N2)cnc1N.COc1nc(-c2cc(F)ccc2[C@H]2Cc3nc(N)nc(C)c3C(NOCC3OC(OC)C(O)C3O)=N2)cnc1N. The van der Waals surface area contributed by atoms with Crippen molar-refractivity contribution >= 4 is 58.9 Å². The minimum Gasteiger partial charge on any atom is -0.480 e. The molecule has 3 fully saturated rings. The van der Waals surface area contributed by atoms with E-state index in [1.54, 1.807) is 39.0 Å². The number of esters is 2. The number of carbonyl (C=O) groups excluding carboxylic acids is 2. The van der Waals surface area contributed by atoms with Gasteiger partial charge in [0.15, 0.2) is 59.8 Å². The highest BCUT2D eigenvalue weighted by atomic mass is 19.1. The van der Waals surface area contributed by atoms with Gasteiger partial charge in [-0.1, -0.05) is 18.2 Å². The average Bonchev–Trinajstić information content (AvgIpc) is 1.56. The number of methoxy groups -OCH3 is 4. The summed E-state index contributed by atoms with van der Waals surface area (Å²) >= 11 is 0. The van der Waals surface area contributed by atoms with Gasteiger partial charge in [0, 0.05) is 43.1 Å². The number of hydroxylamine groups is 3. The molecular formula is C73H78F3N23O18. The molecule has 3 aromatic carbocycles. The van der Waals surface area contributed by atoms with Crippen LogP contribution in [0.4, 0.5) is 42.7 Å². The smallest absolute Gasteiger partial charge is 0.338 e. The number of fused-ring (bicyclic) bond motifs is 3. The molecule has 9 aromatic rings. The van der Waals surface area contributed by atoms with E-state index in [-0.39, 0.29) is 90.9 Å². The Labute approximate surface area is 660 Å². The fourth-order valence-electron chi connectivity index (χ4n) is 13.6. The van der Waals surface area contributed by atoms with Crippen molar-refractivity contribution in [3.8, 4) is 51.4 Å². The maximum atomic E-state index is 14.4. The molecule has 19 N–H and O–H groups in total. The molecular weight excluding hydrogens is 1540 g/mol. The zero-order valence-corrected chi connectivity index (χ0v) is 63.1. The van der Waals surface area contributed by atoms with Gasteiger partial charge >= 0.3 is 11.9 Å². The van der Waals surface area contributed by atoms with E-state index in [0.717, 1.165) is 0 Å². The van der Waals surface area contributed by atoms with Crippen LogP contribution >= 0.6 is 0 Å². The van der Waals surface area contributed by atoms with E-state index in [2.05, 4.69) is 76.2 Å². The molecule has 6 aliphatic heterocycles. The van der Waals surface area contributed by atoms with E-state index in [1.807, 2.05) is 0 Å². The maximum absolute atomic E-state index is 14.4. The Hall–Kier alpha value is -12.8. The molecule has 41 nitrogen and oxygen atoms in total. The number of amidine groups is 3. The van der Waals surface area contributed by atoms with Crippen molar-refractivity contribution in [3.63, 3.8) is 0 Å². The lowest BCUT2D eigenvalue weighted by Gasteiger charge is -2.26. The summed E-state index contributed by atoms with van der Waals surface area (Å²) in [5.74, 6) is -1.67. The summed E-state index contributed by atoms with van der Waals surface area (Å²) in [4.78, 5) is 105. The topological polar surface area (TPSA) is 606 Å². The highest BCUT2D eigenvalue weighted by Crippen LogP contribution is 2.41. The number of hydrogen-bond acceptors (Lipinski definition) is 41. The van der Waals surface area contributed by atoms with Crippen LogP contribution in [0.2, 0.25) is 0 Å². The quantitative estimate of drug-likeness (QED) is 0.0379. The van der Waals surface area contributed by atoms with E-state index in [0.29, 0.717) is 114 Å². The lowest BCUT2D eigenvalue weighted by molar-refractivity contribution is -0.158. The number of nitrogens with zero attached hydrogens (tertiary/aromatic N) is 15. The first-order valence-corrected chi connectivity index (χ1v) is 35.6. The van der Waals surface area contributed by atoms with Gasteiger partial charge in [-0.15, -0.1) is 0 Å². The Bertz CT molecular complexity index is 5360. The van der Waals surface area contributed by atoms with Gasteiger partial charge in [0.1, 0.15) is 67.8 Å². The zero-order valence-electron chi connectivity index (χ0n) is 63.1. The molecule has 614 valence electrons. The molecule has 44 heteroatoms. The highest BCUT2D eigenvalue weighted by Gasteiger charge is 2.46. The third kappa shape index (κ3) is 17.7. The Kier molecular flexibility index (Phi) is 24.7. The highest BCUT2D eigenvalue weighted by molar-refractivity contribution is 6.03. The summed E-state index contributed by atoms with van der Waals surface area (Å²) in [5, 5.41) is 59.5. The number of nitrogens with two attached hydrogens (primary N) is 5. The fourth-order valence-corrected chi connectivity index (χ4v) is 13.6. The molecule has 3 saturated heterocycles. The van der Waals surface area contributed by atoms with E-state index < -0.39 is 109 Å². The zero-order chi connectivity index (χ0) is 83.4. The molecule has 0 bridgehead atoms. The number of nitrogen functional groups attached to an aromatic ring is 5. The molecule has 15 rings (SSSR count). The summed E-state index contributed by atoms with van der Waals surface area (Å²) in [6, 6.07) is 11.0. The Morgan fingerprint density at radius 2 is 0.821 bits per heavy atom. The Balaban J connectivity index is 0.000000152. The van der Waals surface area contributed by atoms with Crippen molar-refractivity contribution in [2.45, 2.75) is 119 Å². The lowest BCUT2D eigenvalue weighted by Crippen LogP contribution is -2.38. The maximum Gasteiger partial charge on any atom is 0.338 e. The van der Waals surface area contributed by atoms with Crippen LogP contribution in [-0.2, 0) is 62.3 Å². The van der Waals surface area contributed by atoms with Crippen molar-refractivity contribution in [1.29, 1.82) is 0 Å². The van der Waals surface area contributed by atoms with Crippen LogP contribution in [0.3, 0.4) is 0 Å². The predicted molar refractivity (Wildman–Crippen MR) is 402 cm³/mol. The summed E-state index contributed by atoms with van der Waals surface area (Å²) in [7, 11) is 5.63. The summed E-state index contributed by atoms with van der Waals surface area (Å²) in [6.07, 6.45) is -5.93. The third-order valence-electron chi connectivity index (χ3n) is 19.2. The molecule has 0 aliphatic carbocycles. The first-order chi connectivity index (χ1) is 56.1. The van der Waals surface area contributed by atoms with Crippen LogP contribution in [0.1, 0.15) is 85.7 Å². The standard InChI is InChI=1S/C25H29FN8O6.C24H25FN8O6.C24H24FN7O6/c1-10-18-15(33-25(28)30-10)7-14(31-22(18)34-39-9-17-19(35)20(36)24(38-3)40-17)12-5-4-11(26)6-13(12)16-8-29-21(27)23(32-16)37-2;1-9-17-14(32-24(27)29-9)6-13(30-21(17)33-38-8-16-18(34)19(35)23(36)39-16)11-4-3-10(25)5-12(11)15-7-28-20(26)22(31-15)37-2;1-10-19-15(31-24(26)28-10)6-14(30-22(19)32-37-9-17-20(33)21(34)23(35)38-17)12-4-3-11(25)5-13(12)16-7-27-8-18(29-16)36-2/h4-6,8,14,17,19-20,24,35-36H,7,9H2,1-3H3,(H2,27,29)(H,31,34)(H2,28,30,33);3-5,7,13,16,18-19,34-35H,6,8H2,1-2H3,(H2,26,28)(H,30,33)(H2,27,29,32);3-5,7-8,14,17,20-21,33-34H,6,9H2,1-2H3,(H,30,32)(H2,26,28,31)/t14-,17?,19?,20?,24?;13-,16?,18?,19?;14-,17?,20?,21?/m111/s1. The van der Waals surface area contributed by atoms with Crippen molar-refractivity contribution in [3.05, 3.63) is 164 Å². The minimum atomic E-state index is -1.65. The lowest BCUT2D eigenvalue weighted by atomic mass is 9.91. The molecule has 6 aromatic heterocycles. The number of halogens is 3. The van der Waals surface area contributed by atoms with Crippen LogP contribution in [0.5, 0.6) is 17.6 Å². The number of aliphatic hydroxyl groups is 6. The molecule has 6 aliphatic rings. The first kappa shape index (κ1) is 82.2. The van der Waals surface area contributed by atoms with E-state index in [9.17, 15) is 53.4 Å². The van der Waals surface area contributed by atoms with Gasteiger partial charge in [0.05, 0.1) is 132 Å². The average molecular weight is 1620 g/mol. The van der Waals surface area contributed by atoms with Gasteiger partial charge in [-0.25, -0.2) is 94.0 Å².